The average Bonchev–Trinajstić information content (AvgIpc) is 2.50. The summed E-state index contributed by atoms with van der Waals surface area (Å²) in [6.07, 6.45) is 7.80. The second kappa shape index (κ2) is 7.49. The maximum absolute atomic E-state index is 5.97. The van der Waals surface area contributed by atoms with E-state index < -0.39 is 0 Å². The number of rotatable bonds is 6. The average molecular weight is 305 g/mol. The van der Waals surface area contributed by atoms with Gasteiger partial charge in [0.05, 0.1) is 19.5 Å². The first-order chi connectivity index (χ1) is 10.5. The molecule has 1 atom stereocenters. The number of hydrogen-bond donors (Lipinski definition) is 1. The van der Waals surface area contributed by atoms with Gasteiger partial charge in [-0.25, -0.2) is 4.99 Å². The van der Waals surface area contributed by atoms with E-state index in [0.717, 1.165) is 35.6 Å². The lowest BCUT2D eigenvalue weighted by Crippen LogP contribution is -2.43. The monoisotopic (exact) mass is 305 g/mol. The fourth-order valence-electron chi connectivity index (χ4n) is 2.54. The fraction of sp³-hybridized carbons (Fsp3) is 0.588. The van der Waals surface area contributed by atoms with Crippen LogP contribution in [0.3, 0.4) is 0 Å². The molecule has 1 aliphatic heterocycles. The molecule has 0 radical (unpaired) electrons. The number of allylic oxidation sites excluding steroid dienone is 3. The predicted molar refractivity (Wildman–Crippen MR) is 89.4 cm³/mol. The first-order valence-corrected chi connectivity index (χ1v) is 7.80. The van der Waals surface area contributed by atoms with Crippen LogP contribution in [0, 0.1) is 0 Å². The largest absolute Gasteiger partial charge is 0.501 e. The Kier molecular flexibility index (Phi) is 5.66. The fourth-order valence-corrected chi connectivity index (χ4v) is 2.54. The zero-order valence-electron chi connectivity index (χ0n) is 14.2. The summed E-state index contributed by atoms with van der Waals surface area (Å²) in [6, 6.07) is 0.368. The molecule has 2 rings (SSSR count). The van der Waals surface area contributed by atoms with Gasteiger partial charge < -0.3 is 19.7 Å². The van der Waals surface area contributed by atoms with E-state index in [1.807, 2.05) is 18.2 Å². The van der Waals surface area contributed by atoms with Crippen LogP contribution in [0.5, 0.6) is 0 Å². The van der Waals surface area contributed by atoms with Gasteiger partial charge in [0.15, 0.2) is 0 Å². The number of aliphatic imine (C=N–C) groups is 1. The molecule has 0 unspecified atom stereocenters. The molecule has 0 aromatic carbocycles. The van der Waals surface area contributed by atoms with Gasteiger partial charge in [0, 0.05) is 31.3 Å². The van der Waals surface area contributed by atoms with Crippen LogP contribution < -0.4 is 5.32 Å². The Morgan fingerprint density at radius 3 is 2.91 bits per heavy atom. The van der Waals surface area contributed by atoms with Gasteiger partial charge in [-0.3, -0.25) is 0 Å². The van der Waals surface area contributed by atoms with Crippen molar-refractivity contribution in [3.8, 4) is 0 Å². The molecule has 22 heavy (non-hydrogen) atoms. The van der Waals surface area contributed by atoms with Crippen LogP contribution >= 0.6 is 0 Å². The molecule has 0 aromatic heterocycles. The number of nitrogens with one attached hydrogen (secondary N) is 1. The second-order valence-electron chi connectivity index (χ2n) is 5.99. The Morgan fingerprint density at radius 1 is 1.45 bits per heavy atom. The van der Waals surface area contributed by atoms with Crippen molar-refractivity contribution in [2.24, 2.45) is 4.99 Å². The Hall–Kier alpha value is -1.75. The summed E-state index contributed by atoms with van der Waals surface area (Å²) in [5.41, 5.74) is 2.27. The molecule has 0 bridgehead atoms. The molecule has 5 nitrogen and oxygen atoms in total. The predicted octanol–water partition coefficient (Wildman–Crippen LogP) is 2.78. The van der Waals surface area contributed by atoms with Crippen molar-refractivity contribution >= 4 is 6.21 Å². The topological polar surface area (TPSA) is 46.1 Å². The van der Waals surface area contributed by atoms with E-state index >= 15 is 0 Å². The second-order valence-corrected chi connectivity index (χ2v) is 5.99. The molecular formula is C17H27N3O2. The number of nitrogens with zero attached hydrogens (tertiary/aromatic N) is 2. The smallest absolute Gasteiger partial charge is 0.229 e. The molecule has 2 aliphatic rings. The van der Waals surface area contributed by atoms with Crippen LogP contribution in [0.2, 0.25) is 0 Å². The molecule has 1 heterocycles. The summed E-state index contributed by atoms with van der Waals surface area (Å²) in [4.78, 5) is 6.52. The van der Waals surface area contributed by atoms with Crippen LogP contribution in [-0.4, -0.2) is 44.3 Å². The van der Waals surface area contributed by atoms with Gasteiger partial charge in [-0.2, -0.15) is 0 Å². The maximum Gasteiger partial charge on any atom is 0.229 e. The molecule has 0 saturated carbocycles. The van der Waals surface area contributed by atoms with E-state index in [0.29, 0.717) is 12.6 Å². The molecule has 122 valence electrons. The highest BCUT2D eigenvalue weighted by molar-refractivity contribution is 5.79. The Balaban J connectivity index is 1.96. The Morgan fingerprint density at radius 2 is 2.23 bits per heavy atom. The minimum Gasteiger partial charge on any atom is -0.501 e. The molecule has 1 N–H and O–H groups in total. The van der Waals surface area contributed by atoms with Gasteiger partial charge in [0.2, 0.25) is 6.35 Å². The van der Waals surface area contributed by atoms with Crippen molar-refractivity contribution in [1.82, 2.24) is 10.2 Å². The highest BCUT2D eigenvalue weighted by atomic mass is 16.5. The van der Waals surface area contributed by atoms with Crippen molar-refractivity contribution in [3.05, 3.63) is 34.9 Å². The highest BCUT2D eigenvalue weighted by Gasteiger charge is 2.22. The minimum absolute atomic E-state index is 0.299. The molecule has 0 fully saturated rings. The minimum atomic E-state index is -0.299. The quantitative estimate of drug-likeness (QED) is 0.819. The summed E-state index contributed by atoms with van der Waals surface area (Å²) in [7, 11) is 3.72. The highest BCUT2D eigenvalue weighted by Crippen LogP contribution is 2.20. The molecule has 0 saturated heterocycles. The van der Waals surface area contributed by atoms with Crippen LogP contribution in [0.25, 0.3) is 0 Å². The van der Waals surface area contributed by atoms with E-state index in [9.17, 15) is 0 Å². The third kappa shape index (κ3) is 4.13. The molecule has 0 aromatic rings. The van der Waals surface area contributed by atoms with Crippen molar-refractivity contribution < 1.29 is 9.47 Å². The van der Waals surface area contributed by atoms with Gasteiger partial charge in [0.25, 0.3) is 0 Å². The standard InChI is InChI=1S/C17H27N3O2/c1-12(2)19-16-13(3)10-18-17(20(16)4)22-11-14-7-6-8-15(9-14)21-5/h7,9-10,12,17,19H,6,8,11H2,1-5H3/t17-/m1/s1. The summed E-state index contributed by atoms with van der Waals surface area (Å²) in [6.45, 7) is 6.84. The Labute approximate surface area is 133 Å². The van der Waals surface area contributed by atoms with Crippen LogP contribution in [0.4, 0.5) is 0 Å². The van der Waals surface area contributed by atoms with Crippen LogP contribution in [0.1, 0.15) is 33.6 Å². The van der Waals surface area contributed by atoms with E-state index in [2.05, 4.69) is 43.2 Å². The summed E-state index contributed by atoms with van der Waals surface area (Å²) >= 11 is 0. The summed E-state index contributed by atoms with van der Waals surface area (Å²) in [5, 5.41) is 3.45. The Bertz CT molecular complexity index is 518. The van der Waals surface area contributed by atoms with Gasteiger partial charge in [-0.15, -0.1) is 0 Å². The molecule has 0 spiro atoms. The van der Waals surface area contributed by atoms with Gasteiger partial charge in [-0.1, -0.05) is 6.08 Å². The van der Waals surface area contributed by atoms with Crippen molar-refractivity contribution in [2.75, 3.05) is 20.8 Å². The van der Waals surface area contributed by atoms with E-state index in [1.54, 1.807) is 7.11 Å². The van der Waals surface area contributed by atoms with E-state index in [-0.39, 0.29) is 6.35 Å². The number of methoxy groups -OCH3 is 1. The number of hydrogen-bond acceptors (Lipinski definition) is 5. The SMILES string of the molecule is COC1=CC(CO[C@@H]2N=CC(C)=C(NC(C)C)N2C)=CCC1. The number of ether oxygens (including phenoxy) is 2. The van der Waals surface area contributed by atoms with E-state index in [4.69, 9.17) is 9.47 Å². The molecule has 5 heteroatoms. The molecule has 1 aliphatic carbocycles. The van der Waals surface area contributed by atoms with Crippen molar-refractivity contribution in [1.29, 1.82) is 0 Å². The van der Waals surface area contributed by atoms with Crippen molar-refractivity contribution in [2.45, 2.75) is 46.0 Å². The lowest BCUT2D eigenvalue weighted by atomic mass is 10.1. The van der Waals surface area contributed by atoms with E-state index in [1.165, 1.54) is 0 Å². The van der Waals surface area contributed by atoms with Gasteiger partial charge in [0.1, 0.15) is 5.82 Å². The molecule has 0 amide bonds. The first kappa shape index (κ1) is 16.6. The van der Waals surface area contributed by atoms with Crippen LogP contribution in [0.15, 0.2) is 39.9 Å². The lowest BCUT2D eigenvalue weighted by molar-refractivity contribution is -0.0193. The van der Waals surface area contributed by atoms with Crippen molar-refractivity contribution in [3.63, 3.8) is 0 Å². The van der Waals surface area contributed by atoms with Gasteiger partial charge in [-0.05, 0) is 38.8 Å². The summed E-state index contributed by atoms with van der Waals surface area (Å²) < 4.78 is 11.3. The van der Waals surface area contributed by atoms with Crippen LogP contribution in [-0.2, 0) is 9.47 Å². The zero-order valence-corrected chi connectivity index (χ0v) is 14.2. The van der Waals surface area contributed by atoms with Gasteiger partial charge >= 0.3 is 0 Å². The maximum atomic E-state index is 5.97. The summed E-state index contributed by atoms with van der Waals surface area (Å²) in [5.74, 6) is 2.08. The first-order valence-electron chi connectivity index (χ1n) is 7.80. The zero-order chi connectivity index (χ0) is 16.1. The molecular weight excluding hydrogens is 278 g/mol. The lowest BCUT2D eigenvalue weighted by Gasteiger charge is -2.34. The third-order valence-electron chi connectivity index (χ3n) is 3.68. The third-order valence-corrected chi connectivity index (χ3v) is 3.68. The normalized spacial score (nSPS) is 21.9.